The first-order valence-electron chi connectivity index (χ1n) is 8.17. The lowest BCUT2D eigenvalue weighted by atomic mass is 10.2. The van der Waals surface area contributed by atoms with E-state index in [1.54, 1.807) is 6.92 Å². The number of aromatic nitrogens is 3. The van der Waals surface area contributed by atoms with Crippen LogP contribution in [-0.4, -0.2) is 33.4 Å². The third-order valence-corrected chi connectivity index (χ3v) is 3.90. The minimum absolute atomic E-state index is 0.0823. The number of rotatable bonds is 5. The summed E-state index contributed by atoms with van der Waals surface area (Å²) >= 11 is 0. The summed E-state index contributed by atoms with van der Waals surface area (Å²) in [4.78, 5) is 24.1. The summed E-state index contributed by atoms with van der Waals surface area (Å²) in [5.41, 5.74) is 0.158. The van der Waals surface area contributed by atoms with Crippen molar-refractivity contribution in [3.63, 3.8) is 0 Å². The van der Waals surface area contributed by atoms with E-state index in [9.17, 15) is 27.2 Å². The summed E-state index contributed by atoms with van der Waals surface area (Å²) in [6.45, 7) is 0.967. The first-order chi connectivity index (χ1) is 13.8. The molecule has 0 saturated heterocycles. The minimum Gasteiger partial charge on any atom is -0.342 e. The third kappa shape index (κ3) is 4.23. The standard InChI is InChI=1S/C18H13F4N5O2/c1-9-17(25-26-27(9)11-4-2-10(19)3-5-11)18(29)23-8-14(28)24-13-7-6-12(20)15(21)16(13)22/h2-7H,8H2,1H3,(H,23,29)(H,24,28). The van der Waals surface area contributed by atoms with Gasteiger partial charge in [0.05, 0.1) is 23.6 Å². The normalized spacial score (nSPS) is 10.7. The molecule has 7 nitrogen and oxygen atoms in total. The van der Waals surface area contributed by atoms with E-state index in [1.165, 1.54) is 28.9 Å². The van der Waals surface area contributed by atoms with Crippen LogP contribution >= 0.6 is 0 Å². The molecule has 150 valence electrons. The van der Waals surface area contributed by atoms with Crippen LogP contribution in [0, 0.1) is 30.2 Å². The largest absolute Gasteiger partial charge is 0.342 e. The number of nitrogens with zero attached hydrogens (tertiary/aromatic N) is 3. The molecule has 0 spiro atoms. The zero-order valence-electron chi connectivity index (χ0n) is 14.8. The summed E-state index contributed by atoms with van der Waals surface area (Å²) in [5, 5.41) is 11.8. The van der Waals surface area contributed by atoms with E-state index in [4.69, 9.17) is 0 Å². The van der Waals surface area contributed by atoms with Crippen LogP contribution in [0.2, 0.25) is 0 Å². The summed E-state index contributed by atoms with van der Waals surface area (Å²) in [7, 11) is 0. The number of carbonyl (C=O) groups excluding carboxylic acids is 2. The van der Waals surface area contributed by atoms with Crippen LogP contribution in [0.5, 0.6) is 0 Å². The second-order valence-corrected chi connectivity index (χ2v) is 5.87. The van der Waals surface area contributed by atoms with Crippen molar-refractivity contribution in [2.45, 2.75) is 6.92 Å². The average Bonchev–Trinajstić information content (AvgIpc) is 3.08. The first-order valence-corrected chi connectivity index (χ1v) is 8.17. The van der Waals surface area contributed by atoms with Gasteiger partial charge in [-0.3, -0.25) is 9.59 Å². The smallest absolute Gasteiger partial charge is 0.274 e. The predicted molar refractivity (Wildman–Crippen MR) is 93.3 cm³/mol. The molecule has 0 atom stereocenters. The summed E-state index contributed by atoms with van der Waals surface area (Å²) in [5.74, 6) is -6.72. The number of amides is 2. The molecular weight excluding hydrogens is 394 g/mol. The highest BCUT2D eigenvalue weighted by molar-refractivity contribution is 5.98. The van der Waals surface area contributed by atoms with E-state index in [0.29, 0.717) is 17.4 Å². The molecule has 29 heavy (non-hydrogen) atoms. The maximum absolute atomic E-state index is 13.6. The first kappa shape index (κ1) is 20.0. The van der Waals surface area contributed by atoms with Gasteiger partial charge >= 0.3 is 0 Å². The average molecular weight is 407 g/mol. The van der Waals surface area contributed by atoms with Crippen molar-refractivity contribution in [3.8, 4) is 5.69 Å². The lowest BCUT2D eigenvalue weighted by Crippen LogP contribution is -2.33. The van der Waals surface area contributed by atoms with Gasteiger partial charge in [0.2, 0.25) is 5.91 Å². The monoisotopic (exact) mass is 407 g/mol. The number of carbonyl (C=O) groups is 2. The van der Waals surface area contributed by atoms with Crippen LogP contribution in [0.1, 0.15) is 16.2 Å². The molecule has 3 aromatic rings. The Kier molecular flexibility index (Phi) is 5.57. The minimum atomic E-state index is -1.72. The molecular formula is C18H13F4N5O2. The summed E-state index contributed by atoms with van der Waals surface area (Å²) in [6.07, 6.45) is 0. The molecule has 0 saturated carbocycles. The van der Waals surface area contributed by atoms with Crippen LogP contribution in [-0.2, 0) is 4.79 Å². The zero-order valence-corrected chi connectivity index (χ0v) is 14.8. The Morgan fingerprint density at radius 2 is 1.69 bits per heavy atom. The number of anilines is 1. The molecule has 0 radical (unpaired) electrons. The Bertz CT molecular complexity index is 1080. The van der Waals surface area contributed by atoms with E-state index in [1.807, 2.05) is 5.32 Å². The van der Waals surface area contributed by atoms with Gasteiger partial charge in [0, 0.05) is 0 Å². The fourth-order valence-corrected chi connectivity index (χ4v) is 2.43. The van der Waals surface area contributed by atoms with Gasteiger partial charge in [-0.2, -0.15) is 0 Å². The molecule has 0 aliphatic heterocycles. The van der Waals surface area contributed by atoms with Gasteiger partial charge in [-0.25, -0.2) is 22.2 Å². The third-order valence-electron chi connectivity index (χ3n) is 3.90. The van der Waals surface area contributed by atoms with Gasteiger partial charge in [-0.05, 0) is 43.3 Å². The molecule has 0 unspecified atom stereocenters. The second kappa shape index (κ2) is 8.09. The molecule has 11 heteroatoms. The Balaban J connectivity index is 1.65. The van der Waals surface area contributed by atoms with Crippen LogP contribution in [0.25, 0.3) is 5.69 Å². The highest BCUT2D eigenvalue weighted by Crippen LogP contribution is 2.19. The van der Waals surface area contributed by atoms with Crippen LogP contribution in [0.3, 0.4) is 0 Å². The van der Waals surface area contributed by atoms with E-state index < -0.39 is 47.3 Å². The van der Waals surface area contributed by atoms with Gasteiger partial charge in [0.15, 0.2) is 23.1 Å². The zero-order chi connectivity index (χ0) is 21.1. The molecule has 0 fully saturated rings. The molecule has 1 heterocycles. The van der Waals surface area contributed by atoms with E-state index in [0.717, 1.165) is 6.07 Å². The molecule has 2 amide bonds. The maximum Gasteiger partial charge on any atom is 0.274 e. The second-order valence-electron chi connectivity index (χ2n) is 5.87. The molecule has 3 rings (SSSR count). The fraction of sp³-hybridized carbons (Fsp3) is 0.111. The van der Waals surface area contributed by atoms with Crippen molar-refractivity contribution in [3.05, 3.63) is 71.1 Å². The van der Waals surface area contributed by atoms with Gasteiger partial charge in [0.25, 0.3) is 5.91 Å². The number of halogens is 4. The predicted octanol–water partition coefficient (Wildman–Crippen LogP) is 2.50. The van der Waals surface area contributed by atoms with E-state index in [-0.39, 0.29) is 5.69 Å². The fourth-order valence-electron chi connectivity index (χ4n) is 2.43. The van der Waals surface area contributed by atoms with Crippen molar-refractivity contribution in [2.24, 2.45) is 0 Å². The Morgan fingerprint density at radius 3 is 2.38 bits per heavy atom. The lowest BCUT2D eigenvalue weighted by molar-refractivity contribution is -0.115. The molecule has 0 aliphatic carbocycles. The SMILES string of the molecule is Cc1c(C(=O)NCC(=O)Nc2ccc(F)c(F)c2F)nnn1-c1ccc(F)cc1. The van der Waals surface area contributed by atoms with Gasteiger partial charge in [0.1, 0.15) is 5.82 Å². The molecule has 2 aromatic carbocycles. The number of nitrogens with one attached hydrogen (secondary N) is 2. The van der Waals surface area contributed by atoms with Gasteiger partial charge < -0.3 is 10.6 Å². The Labute approximate surface area is 161 Å². The molecule has 1 aromatic heterocycles. The number of hydrogen-bond acceptors (Lipinski definition) is 4. The molecule has 0 bridgehead atoms. The summed E-state index contributed by atoms with van der Waals surface area (Å²) in [6, 6.07) is 6.84. The molecule has 0 aliphatic rings. The van der Waals surface area contributed by atoms with Crippen molar-refractivity contribution in [1.82, 2.24) is 20.3 Å². The van der Waals surface area contributed by atoms with Crippen molar-refractivity contribution in [2.75, 3.05) is 11.9 Å². The van der Waals surface area contributed by atoms with Crippen molar-refractivity contribution >= 4 is 17.5 Å². The van der Waals surface area contributed by atoms with Crippen molar-refractivity contribution in [1.29, 1.82) is 0 Å². The van der Waals surface area contributed by atoms with Crippen LogP contribution in [0.4, 0.5) is 23.2 Å². The highest BCUT2D eigenvalue weighted by atomic mass is 19.2. The van der Waals surface area contributed by atoms with Crippen molar-refractivity contribution < 1.29 is 27.2 Å². The van der Waals surface area contributed by atoms with Gasteiger partial charge in [-0.15, -0.1) is 5.10 Å². The topological polar surface area (TPSA) is 88.9 Å². The van der Waals surface area contributed by atoms with Crippen LogP contribution < -0.4 is 10.6 Å². The highest BCUT2D eigenvalue weighted by Gasteiger charge is 2.19. The quantitative estimate of drug-likeness (QED) is 0.503. The van der Waals surface area contributed by atoms with E-state index >= 15 is 0 Å². The van der Waals surface area contributed by atoms with E-state index in [2.05, 4.69) is 15.6 Å². The van der Waals surface area contributed by atoms with Gasteiger partial charge in [-0.1, -0.05) is 5.21 Å². The van der Waals surface area contributed by atoms with Crippen LogP contribution in [0.15, 0.2) is 36.4 Å². The Hall–Kier alpha value is -3.76. The summed E-state index contributed by atoms with van der Waals surface area (Å²) < 4.78 is 54.0. The Morgan fingerprint density at radius 1 is 1.00 bits per heavy atom. The lowest BCUT2D eigenvalue weighted by Gasteiger charge is -2.08. The molecule has 2 N–H and O–H groups in total. The maximum atomic E-state index is 13.6. The number of benzene rings is 2. The number of hydrogen-bond donors (Lipinski definition) is 2.